The van der Waals surface area contributed by atoms with Crippen LogP contribution in [0.4, 0.5) is 0 Å². The van der Waals surface area contributed by atoms with Crippen molar-refractivity contribution in [2.45, 2.75) is 32.6 Å². The molecule has 1 saturated carbocycles. The van der Waals surface area contributed by atoms with E-state index in [9.17, 15) is 4.79 Å². The van der Waals surface area contributed by atoms with Crippen molar-refractivity contribution < 1.29 is 4.79 Å². The standard InChI is InChI=1S/C15H22N2O/c1-12-4-2-5-13(10-12)6-9-17-14(18)15(11-16)7-3-8-15/h2,4-5,10H,3,6-9,11,16H2,1H3,(H,17,18). The lowest BCUT2D eigenvalue weighted by Gasteiger charge is -2.39. The minimum Gasteiger partial charge on any atom is -0.355 e. The first kappa shape index (κ1) is 13.1. The third-order valence-electron chi connectivity index (χ3n) is 3.96. The molecule has 0 radical (unpaired) electrons. The third-order valence-corrected chi connectivity index (χ3v) is 3.96. The van der Waals surface area contributed by atoms with Gasteiger partial charge >= 0.3 is 0 Å². The van der Waals surface area contributed by atoms with Crippen molar-refractivity contribution >= 4 is 5.91 Å². The Labute approximate surface area is 109 Å². The smallest absolute Gasteiger partial charge is 0.227 e. The minimum absolute atomic E-state index is 0.143. The van der Waals surface area contributed by atoms with Crippen LogP contribution in [0.5, 0.6) is 0 Å². The maximum Gasteiger partial charge on any atom is 0.227 e. The molecule has 0 atom stereocenters. The van der Waals surface area contributed by atoms with Crippen molar-refractivity contribution in [1.82, 2.24) is 5.32 Å². The van der Waals surface area contributed by atoms with E-state index in [-0.39, 0.29) is 11.3 Å². The van der Waals surface area contributed by atoms with Crippen molar-refractivity contribution in [2.24, 2.45) is 11.1 Å². The zero-order valence-corrected chi connectivity index (χ0v) is 11.0. The van der Waals surface area contributed by atoms with Gasteiger partial charge in [-0.1, -0.05) is 36.2 Å². The van der Waals surface area contributed by atoms with E-state index in [2.05, 4.69) is 36.5 Å². The van der Waals surface area contributed by atoms with Crippen LogP contribution in [0.25, 0.3) is 0 Å². The summed E-state index contributed by atoms with van der Waals surface area (Å²) in [5.74, 6) is 0.143. The van der Waals surface area contributed by atoms with Crippen LogP contribution in [0.15, 0.2) is 24.3 Å². The van der Waals surface area contributed by atoms with E-state index >= 15 is 0 Å². The van der Waals surface area contributed by atoms with Crippen LogP contribution in [0, 0.1) is 12.3 Å². The first-order chi connectivity index (χ1) is 8.66. The van der Waals surface area contributed by atoms with Crippen LogP contribution in [0.2, 0.25) is 0 Å². The quantitative estimate of drug-likeness (QED) is 0.832. The van der Waals surface area contributed by atoms with Crippen LogP contribution in [-0.4, -0.2) is 19.0 Å². The van der Waals surface area contributed by atoms with Crippen molar-refractivity contribution in [1.29, 1.82) is 0 Å². The Morgan fingerprint density at radius 3 is 2.78 bits per heavy atom. The number of nitrogens with two attached hydrogens (primary N) is 1. The average Bonchev–Trinajstić information content (AvgIpc) is 2.28. The molecule has 0 aliphatic heterocycles. The Kier molecular flexibility index (Phi) is 4.02. The lowest BCUT2D eigenvalue weighted by atomic mass is 9.68. The molecule has 0 saturated heterocycles. The molecule has 1 aliphatic carbocycles. The zero-order chi connectivity index (χ0) is 13.0. The second kappa shape index (κ2) is 5.53. The molecule has 0 spiro atoms. The van der Waals surface area contributed by atoms with Crippen LogP contribution < -0.4 is 11.1 Å². The highest BCUT2D eigenvalue weighted by atomic mass is 16.2. The van der Waals surface area contributed by atoms with Gasteiger partial charge in [0.25, 0.3) is 0 Å². The number of carbonyl (C=O) groups excluding carboxylic acids is 1. The Bertz CT molecular complexity index is 419. The number of benzene rings is 1. The third kappa shape index (κ3) is 2.72. The highest BCUT2D eigenvalue weighted by molar-refractivity contribution is 5.83. The number of rotatable bonds is 5. The normalized spacial score (nSPS) is 17.0. The molecule has 1 fully saturated rings. The maximum atomic E-state index is 12.0. The van der Waals surface area contributed by atoms with Gasteiger partial charge in [0, 0.05) is 13.1 Å². The molecule has 3 nitrogen and oxygen atoms in total. The van der Waals surface area contributed by atoms with Crippen LogP contribution in [0.1, 0.15) is 30.4 Å². The lowest BCUT2D eigenvalue weighted by Crippen LogP contribution is -2.50. The summed E-state index contributed by atoms with van der Waals surface area (Å²) in [7, 11) is 0. The van der Waals surface area contributed by atoms with Crippen LogP contribution in [-0.2, 0) is 11.2 Å². The van der Waals surface area contributed by atoms with Gasteiger partial charge in [-0.25, -0.2) is 0 Å². The largest absolute Gasteiger partial charge is 0.355 e. The average molecular weight is 246 g/mol. The SMILES string of the molecule is Cc1cccc(CCNC(=O)C2(CN)CCC2)c1. The molecule has 2 rings (SSSR count). The summed E-state index contributed by atoms with van der Waals surface area (Å²) in [6.07, 6.45) is 3.90. The van der Waals surface area contributed by atoms with E-state index in [0.717, 1.165) is 25.7 Å². The molecule has 1 aromatic carbocycles. The molecule has 0 bridgehead atoms. The van der Waals surface area contributed by atoms with Crippen molar-refractivity contribution in [3.05, 3.63) is 35.4 Å². The Morgan fingerprint density at radius 2 is 2.22 bits per heavy atom. The van der Waals surface area contributed by atoms with Gasteiger partial charge in [-0.2, -0.15) is 0 Å². The number of hydrogen-bond donors (Lipinski definition) is 2. The van der Waals surface area contributed by atoms with Crippen molar-refractivity contribution in [3.63, 3.8) is 0 Å². The predicted octanol–water partition coefficient (Wildman–Crippen LogP) is 1.78. The van der Waals surface area contributed by atoms with E-state index in [1.54, 1.807) is 0 Å². The van der Waals surface area contributed by atoms with Gasteiger partial charge in [0.1, 0.15) is 0 Å². The van der Waals surface area contributed by atoms with E-state index in [4.69, 9.17) is 5.73 Å². The van der Waals surface area contributed by atoms with E-state index in [1.165, 1.54) is 11.1 Å². The van der Waals surface area contributed by atoms with Crippen LogP contribution in [0.3, 0.4) is 0 Å². The number of hydrogen-bond acceptors (Lipinski definition) is 2. The van der Waals surface area contributed by atoms with Crippen molar-refractivity contribution in [2.75, 3.05) is 13.1 Å². The maximum absolute atomic E-state index is 12.0. The zero-order valence-electron chi connectivity index (χ0n) is 11.0. The molecular weight excluding hydrogens is 224 g/mol. The van der Waals surface area contributed by atoms with Crippen molar-refractivity contribution in [3.8, 4) is 0 Å². The summed E-state index contributed by atoms with van der Waals surface area (Å²) in [4.78, 5) is 12.0. The topological polar surface area (TPSA) is 55.1 Å². The van der Waals surface area contributed by atoms with Gasteiger partial charge in [0.2, 0.25) is 5.91 Å². The van der Waals surface area contributed by atoms with Gasteiger partial charge < -0.3 is 11.1 Å². The molecule has 0 unspecified atom stereocenters. The second-order valence-electron chi connectivity index (χ2n) is 5.33. The molecule has 0 aromatic heterocycles. The summed E-state index contributed by atoms with van der Waals surface area (Å²) in [5.41, 5.74) is 7.98. The van der Waals surface area contributed by atoms with Crippen LogP contribution >= 0.6 is 0 Å². The molecule has 3 heteroatoms. The van der Waals surface area contributed by atoms with Gasteiger partial charge in [0.05, 0.1) is 5.41 Å². The van der Waals surface area contributed by atoms with Gasteiger partial charge in [-0.15, -0.1) is 0 Å². The highest BCUT2D eigenvalue weighted by Gasteiger charge is 2.42. The fourth-order valence-corrected chi connectivity index (χ4v) is 2.50. The summed E-state index contributed by atoms with van der Waals surface area (Å²) in [6.45, 7) is 3.26. The first-order valence-corrected chi connectivity index (χ1v) is 6.70. The Morgan fingerprint density at radius 1 is 1.44 bits per heavy atom. The van der Waals surface area contributed by atoms with Gasteiger partial charge in [0.15, 0.2) is 0 Å². The fraction of sp³-hybridized carbons (Fsp3) is 0.533. The number of amides is 1. The lowest BCUT2D eigenvalue weighted by molar-refractivity contribution is -0.135. The Balaban J connectivity index is 1.80. The minimum atomic E-state index is -0.257. The number of carbonyl (C=O) groups is 1. The van der Waals surface area contributed by atoms with E-state index in [0.29, 0.717) is 13.1 Å². The number of nitrogens with one attached hydrogen (secondary N) is 1. The first-order valence-electron chi connectivity index (χ1n) is 6.70. The van der Waals surface area contributed by atoms with E-state index < -0.39 is 0 Å². The van der Waals surface area contributed by atoms with Gasteiger partial charge in [-0.3, -0.25) is 4.79 Å². The number of aryl methyl sites for hydroxylation is 1. The summed E-state index contributed by atoms with van der Waals surface area (Å²) in [6, 6.07) is 8.40. The highest BCUT2D eigenvalue weighted by Crippen LogP contribution is 2.39. The second-order valence-corrected chi connectivity index (χ2v) is 5.33. The summed E-state index contributed by atoms with van der Waals surface area (Å²) < 4.78 is 0. The molecule has 1 amide bonds. The molecule has 3 N–H and O–H groups in total. The monoisotopic (exact) mass is 246 g/mol. The predicted molar refractivity (Wildman–Crippen MR) is 73.2 cm³/mol. The summed E-state index contributed by atoms with van der Waals surface area (Å²) >= 11 is 0. The molecular formula is C15H22N2O. The molecule has 1 aliphatic rings. The molecule has 0 heterocycles. The Hall–Kier alpha value is -1.35. The van der Waals surface area contributed by atoms with Gasteiger partial charge in [-0.05, 0) is 31.7 Å². The molecule has 98 valence electrons. The fourth-order valence-electron chi connectivity index (χ4n) is 2.50. The van der Waals surface area contributed by atoms with E-state index in [1.807, 2.05) is 0 Å². The molecule has 18 heavy (non-hydrogen) atoms. The summed E-state index contributed by atoms with van der Waals surface area (Å²) in [5, 5.41) is 3.03. The molecule has 1 aromatic rings.